The van der Waals surface area contributed by atoms with Gasteiger partial charge in [0.2, 0.25) is 0 Å². The number of hydrogen-bond donors (Lipinski definition) is 0. The van der Waals surface area contributed by atoms with Crippen molar-refractivity contribution >= 4 is 11.9 Å². The molecule has 0 aliphatic rings. The lowest BCUT2D eigenvalue weighted by Crippen LogP contribution is -2.10. The van der Waals surface area contributed by atoms with Crippen LogP contribution in [0.15, 0.2) is 24.3 Å². The molecule has 128 valence electrons. The van der Waals surface area contributed by atoms with Gasteiger partial charge in [0.25, 0.3) is 0 Å². The van der Waals surface area contributed by atoms with Crippen LogP contribution in [0.2, 0.25) is 0 Å². The number of ether oxygens (including phenoxy) is 2. The highest BCUT2D eigenvalue weighted by Crippen LogP contribution is 2.10. The van der Waals surface area contributed by atoms with Crippen molar-refractivity contribution in [2.45, 2.75) is 58.8 Å². The summed E-state index contributed by atoms with van der Waals surface area (Å²) in [5, 5.41) is 0. The van der Waals surface area contributed by atoms with Crippen molar-refractivity contribution in [3.63, 3.8) is 0 Å². The zero-order valence-corrected chi connectivity index (χ0v) is 14.3. The molecule has 0 fully saturated rings. The number of benzene rings is 1. The van der Waals surface area contributed by atoms with Crippen LogP contribution >= 0.6 is 0 Å². The normalized spacial score (nSPS) is 10.3. The summed E-state index contributed by atoms with van der Waals surface area (Å²) in [4.78, 5) is 23.9. The lowest BCUT2D eigenvalue weighted by molar-refractivity contribution is 0.0497. The molecule has 1 rings (SSSR count). The molecule has 0 unspecified atom stereocenters. The van der Waals surface area contributed by atoms with Crippen molar-refractivity contribution in [3.05, 3.63) is 35.4 Å². The Balaban J connectivity index is 2.42. The van der Waals surface area contributed by atoms with Gasteiger partial charge in [-0.3, -0.25) is 0 Å². The fraction of sp³-hybridized carbons (Fsp3) is 0.579. The molecule has 0 aromatic heterocycles. The zero-order chi connectivity index (χ0) is 16.9. The van der Waals surface area contributed by atoms with Crippen molar-refractivity contribution in [1.82, 2.24) is 0 Å². The molecular weight excluding hydrogens is 292 g/mol. The molecule has 0 amide bonds. The predicted octanol–water partition coefficient (Wildman–Crippen LogP) is 4.77. The van der Waals surface area contributed by atoms with Gasteiger partial charge in [0, 0.05) is 0 Å². The van der Waals surface area contributed by atoms with Crippen LogP contribution in [0.25, 0.3) is 0 Å². The minimum absolute atomic E-state index is 0.385. The van der Waals surface area contributed by atoms with Gasteiger partial charge in [0.05, 0.1) is 24.3 Å². The Bertz CT molecular complexity index is 482. The van der Waals surface area contributed by atoms with Gasteiger partial charge in [-0.05, 0) is 31.0 Å². The van der Waals surface area contributed by atoms with Gasteiger partial charge in [0.1, 0.15) is 0 Å². The Kier molecular flexibility index (Phi) is 9.76. The van der Waals surface area contributed by atoms with Crippen molar-refractivity contribution in [2.24, 2.45) is 0 Å². The molecule has 0 aliphatic carbocycles. The second-order valence-electron chi connectivity index (χ2n) is 5.62. The van der Waals surface area contributed by atoms with Crippen molar-refractivity contribution in [3.8, 4) is 0 Å². The quantitative estimate of drug-likeness (QED) is 0.435. The molecule has 0 bridgehead atoms. The average Bonchev–Trinajstić information content (AvgIpc) is 2.58. The second kappa shape index (κ2) is 11.7. The molecule has 4 heteroatoms. The van der Waals surface area contributed by atoms with Gasteiger partial charge in [-0.15, -0.1) is 0 Å². The summed E-state index contributed by atoms with van der Waals surface area (Å²) in [5.41, 5.74) is 0.780. The molecule has 1 aromatic rings. The molecule has 23 heavy (non-hydrogen) atoms. The van der Waals surface area contributed by atoms with E-state index < -0.39 is 5.97 Å². The highest BCUT2D eigenvalue weighted by molar-refractivity contribution is 5.95. The Morgan fingerprint density at radius 2 is 1.30 bits per heavy atom. The highest BCUT2D eigenvalue weighted by Gasteiger charge is 2.12. The summed E-state index contributed by atoms with van der Waals surface area (Å²) in [5.74, 6) is -0.781. The number of carbonyl (C=O) groups is 2. The Hall–Kier alpha value is -1.84. The fourth-order valence-electron chi connectivity index (χ4n) is 2.12. The van der Waals surface area contributed by atoms with Crippen molar-refractivity contribution in [1.29, 1.82) is 0 Å². The van der Waals surface area contributed by atoms with Gasteiger partial charge in [-0.2, -0.15) is 0 Å². The number of rotatable bonds is 11. The first kappa shape index (κ1) is 19.2. The molecule has 0 saturated carbocycles. The lowest BCUT2D eigenvalue weighted by atomic mass is 10.1. The number of hydrogen-bond acceptors (Lipinski definition) is 4. The summed E-state index contributed by atoms with van der Waals surface area (Å²) < 4.78 is 10.4. The third-order valence-corrected chi connectivity index (χ3v) is 3.55. The second-order valence-corrected chi connectivity index (χ2v) is 5.62. The molecule has 0 aliphatic heterocycles. The van der Waals surface area contributed by atoms with Gasteiger partial charge in [0.15, 0.2) is 0 Å². The van der Waals surface area contributed by atoms with E-state index in [1.54, 1.807) is 18.2 Å². The van der Waals surface area contributed by atoms with Crippen LogP contribution in [0.1, 0.15) is 79.5 Å². The largest absolute Gasteiger partial charge is 0.462 e. The van der Waals surface area contributed by atoms with E-state index in [0.29, 0.717) is 24.3 Å². The first-order chi connectivity index (χ1) is 11.2. The van der Waals surface area contributed by atoms with Crippen LogP contribution in [0, 0.1) is 0 Å². The molecule has 0 heterocycles. The van der Waals surface area contributed by atoms with E-state index in [9.17, 15) is 9.59 Å². The van der Waals surface area contributed by atoms with Crippen LogP contribution in [0.4, 0.5) is 0 Å². The van der Waals surface area contributed by atoms with E-state index in [1.165, 1.54) is 25.3 Å². The summed E-state index contributed by atoms with van der Waals surface area (Å²) in [6.45, 7) is 5.03. The Morgan fingerprint density at radius 1 is 0.783 bits per heavy atom. The third-order valence-electron chi connectivity index (χ3n) is 3.55. The summed E-state index contributed by atoms with van der Waals surface area (Å²) >= 11 is 0. The fourth-order valence-corrected chi connectivity index (χ4v) is 2.12. The first-order valence-electron chi connectivity index (χ1n) is 8.63. The third kappa shape index (κ3) is 7.82. The number of carbonyl (C=O) groups excluding carboxylic acids is 2. The van der Waals surface area contributed by atoms with Crippen LogP contribution < -0.4 is 0 Å². The molecule has 0 saturated heterocycles. The van der Waals surface area contributed by atoms with Crippen molar-refractivity contribution in [2.75, 3.05) is 13.2 Å². The van der Waals surface area contributed by atoms with Crippen LogP contribution in [0.3, 0.4) is 0 Å². The van der Waals surface area contributed by atoms with Crippen molar-refractivity contribution < 1.29 is 19.1 Å². The zero-order valence-electron chi connectivity index (χ0n) is 14.3. The summed E-state index contributed by atoms with van der Waals surface area (Å²) in [6, 6.07) is 6.51. The van der Waals surface area contributed by atoms with Gasteiger partial charge >= 0.3 is 11.9 Å². The van der Waals surface area contributed by atoms with E-state index >= 15 is 0 Å². The molecule has 4 nitrogen and oxygen atoms in total. The van der Waals surface area contributed by atoms with Gasteiger partial charge < -0.3 is 9.47 Å². The van der Waals surface area contributed by atoms with Crippen LogP contribution in [-0.4, -0.2) is 25.2 Å². The van der Waals surface area contributed by atoms with E-state index in [-0.39, 0.29) is 5.97 Å². The van der Waals surface area contributed by atoms with Gasteiger partial charge in [-0.25, -0.2) is 9.59 Å². The van der Waals surface area contributed by atoms with E-state index in [4.69, 9.17) is 9.47 Å². The maximum absolute atomic E-state index is 12.0. The average molecular weight is 320 g/mol. The topological polar surface area (TPSA) is 52.6 Å². The summed E-state index contributed by atoms with van der Waals surface area (Å²) in [7, 11) is 0. The van der Waals surface area contributed by atoms with Crippen LogP contribution in [0.5, 0.6) is 0 Å². The SMILES string of the molecule is CCCCCCCOC(=O)c1cccc(C(=O)OCCCC)c1. The van der Waals surface area contributed by atoms with E-state index in [2.05, 4.69) is 6.92 Å². The molecule has 1 aromatic carbocycles. The Morgan fingerprint density at radius 3 is 1.87 bits per heavy atom. The molecule has 0 N–H and O–H groups in total. The molecule has 0 atom stereocenters. The molecule has 0 spiro atoms. The minimum Gasteiger partial charge on any atom is -0.462 e. The van der Waals surface area contributed by atoms with Gasteiger partial charge in [-0.1, -0.05) is 52.0 Å². The smallest absolute Gasteiger partial charge is 0.338 e. The highest BCUT2D eigenvalue weighted by atomic mass is 16.5. The predicted molar refractivity (Wildman–Crippen MR) is 90.7 cm³/mol. The number of esters is 2. The number of unbranched alkanes of at least 4 members (excludes halogenated alkanes) is 5. The van der Waals surface area contributed by atoms with Crippen LogP contribution in [-0.2, 0) is 9.47 Å². The monoisotopic (exact) mass is 320 g/mol. The lowest BCUT2D eigenvalue weighted by Gasteiger charge is -2.07. The Labute approximate surface area is 139 Å². The first-order valence-corrected chi connectivity index (χ1v) is 8.63. The standard InChI is InChI=1S/C19H28O4/c1-3-5-7-8-9-14-23-19(21)17-12-10-11-16(15-17)18(20)22-13-6-4-2/h10-12,15H,3-9,13-14H2,1-2H3. The summed E-state index contributed by atoms with van der Waals surface area (Å²) in [6.07, 6.45) is 7.35. The molecular formula is C19H28O4. The molecule has 0 radical (unpaired) electrons. The maximum Gasteiger partial charge on any atom is 0.338 e. The van der Waals surface area contributed by atoms with E-state index in [1.807, 2.05) is 6.92 Å². The minimum atomic E-state index is -0.396. The van der Waals surface area contributed by atoms with E-state index in [0.717, 1.165) is 25.7 Å². The maximum atomic E-state index is 12.0.